The number of rotatable bonds is 0. The Balaban J connectivity index is 1.84. The van der Waals surface area contributed by atoms with Crippen LogP contribution in [0.3, 0.4) is 0 Å². The largest absolute Gasteiger partial charge is 0.492 e. The van der Waals surface area contributed by atoms with Crippen molar-refractivity contribution in [2.24, 2.45) is 0 Å². The summed E-state index contributed by atoms with van der Waals surface area (Å²) in [4.78, 5) is 8.42. The van der Waals surface area contributed by atoms with Crippen molar-refractivity contribution in [3.05, 3.63) is 53.5 Å². The highest BCUT2D eigenvalue weighted by Crippen LogP contribution is 2.51. The van der Waals surface area contributed by atoms with Gasteiger partial charge in [-0.3, -0.25) is 4.98 Å². The third kappa shape index (κ3) is 1.61. The molecule has 3 heteroatoms. The van der Waals surface area contributed by atoms with E-state index in [1.54, 1.807) is 0 Å². The van der Waals surface area contributed by atoms with Gasteiger partial charge in [-0.2, -0.15) is 0 Å². The van der Waals surface area contributed by atoms with Crippen LogP contribution in [0.25, 0.3) is 26.5 Å². The molecule has 1 spiro atoms. The lowest BCUT2D eigenvalue weighted by molar-refractivity contribution is 0.269. The Hall–Kier alpha value is -2.60. The average Bonchev–Trinajstić information content (AvgIpc) is 3.22. The fraction of sp³-hybridized carbons (Fsp3) is 0.300. The minimum absolute atomic E-state index is 0.198. The Morgan fingerprint density at radius 2 is 1.87 bits per heavy atom. The minimum atomic E-state index is 0.198. The number of nitrogens with zero attached hydrogens (tertiary/aromatic N) is 2. The number of hydrogen-bond acceptors (Lipinski definition) is 2. The van der Waals surface area contributed by atoms with Crippen molar-refractivity contribution in [3.63, 3.8) is 0 Å². The Kier molecular flexibility index (Phi) is 2.50. The summed E-state index contributed by atoms with van der Waals surface area (Å²) in [6, 6.07) is 9.95. The van der Waals surface area contributed by atoms with Gasteiger partial charge in [0.05, 0.1) is 18.7 Å². The number of aromatic nitrogens is 1. The second-order valence-electron chi connectivity index (χ2n) is 6.72. The van der Waals surface area contributed by atoms with Gasteiger partial charge in [-0.1, -0.05) is 37.1 Å². The monoisotopic (exact) mass is 300 g/mol. The summed E-state index contributed by atoms with van der Waals surface area (Å²) in [5.74, 6) is 1.02. The molecule has 3 aromatic rings. The first-order chi connectivity index (χ1) is 11.3. The predicted molar refractivity (Wildman–Crippen MR) is 91.2 cm³/mol. The molecule has 0 bridgehead atoms. The Morgan fingerprint density at radius 3 is 2.70 bits per heavy atom. The number of pyridine rings is 1. The van der Waals surface area contributed by atoms with Crippen molar-refractivity contribution in [2.75, 3.05) is 6.61 Å². The molecule has 23 heavy (non-hydrogen) atoms. The number of ether oxygens (including phenoxy) is 1. The summed E-state index contributed by atoms with van der Waals surface area (Å²) in [5, 5.41) is 3.09. The van der Waals surface area contributed by atoms with E-state index in [-0.39, 0.29) is 5.41 Å². The van der Waals surface area contributed by atoms with Crippen LogP contribution in [-0.4, -0.2) is 11.6 Å². The molecule has 1 saturated carbocycles. The first-order valence-corrected chi connectivity index (χ1v) is 8.18. The van der Waals surface area contributed by atoms with Gasteiger partial charge in [0.2, 0.25) is 0 Å². The highest BCUT2D eigenvalue weighted by Gasteiger charge is 2.43. The highest BCUT2D eigenvalue weighted by molar-refractivity contribution is 6.11. The molecule has 0 N–H and O–H groups in total. The van der Waals surface area contributed by atoms with Crippen LogP contribution in [0.2, 0.25) is 0 Å². The molecule has 1 aliphatic carbocycles. The Labute approximate surface area is 134 Å². The van der Waals surface area contributed by atoms with Crippen molar-refractivity contribution >= 4 is 27.4 Å². The third-order valence-electron chi connectivity index (χ3n) is 5.57. The summed E-state index contributed by atoms with van der Waals surface area (Å²) in [6.07, 6.45) is 7.02. The normalized spacial score (nSPS) is 18.2. The lowest BCUT2D eigenvalue weighted by atomic mass is 9.81. The maximum Gasteiger partial charge on any atom is 0.194 e. The Bertz CT molecular complexity index is 994. The molecule has 1 aliphatic heterocycles. The van der Waals surface area contributed by atoms with E-state index in [9.17, 15) is 0 Å². The van der Waals surface area contributed by atoms with Gasteiger partial charge in [0.1, 0.15) is 5.75 Å². The summed E-state index contributed by atoms with van der Waals surface area (Å²) in [7, 11) is 0. The van der Waals surface area contributed by atoms with Gasteiger partial charge in [0.15, 0.2) is 5.69 Å². The van der Waals surface area contributed by atoms with Gasteiger partial charge in [0, 0.05) is 22.6 Å². The molecular weight excluding hydrogens is 284 g/mol. The van der Waals surface area contributed by atoms with Crippen molar-refractivity contribution in [2.45, 2.75) is 31.1 Å². The standard InChI is InChI=1S/C20H16N2O/c1-21-17-6-4-5-14-13(17)7-8-15-18(14)22-11-16-19(15)23-12-20(16)9-2-3-10-20/h4-8,11H,2-3,9-10,12H2. The SMILES string of the molecule is [C-]#[N+]c1cccc2c1ccc1c3c(cnc12)C1(CCCC1)CO3. The smallest absolute Gasteiger partial charge is 0.194 e. The summed E-state index contributed by atoms with van der Waals surface area (Å²) >= 11 is 0. The zero-order valence-electron chi connectivity index (χ0n) is 12.8. The van der Waals surface area contributed by atoms with Crippen molar-refractivity contribution in [3.8, 4) is 5.75 Å². The summed E-state index contributed by atoms with van der Waals surface area (Å²) < 4.78 is 6.15. The fourth-order valence-electron chi connectivity index (χ4n) is 4.36. The lowest BCUT2D eigenvalue weighted by Crippen LogP contribution is -2.23. The molecule has 3 nitrogen and oxygen atoms in total. The van der Waals surface area contributed by atoms with E-state index in [1.807, 2.05) is 30.5 Å². The lowest BCUT2D eigenvalue weighted by Gasteiger charge is -2.20. The van der Waals surface area contributed by atoms with Crippen LogP contribution < -0.4 is 4.74 Å². The van der Waals surface area contributed by atoms with E-state index in [0.29, 0.717) is 5.69 Å². The van der Waals surface area contributed by atoms with Crippen molar-refractivity contribution in [1.29, 1.82) is 0 Å². The van der Waals surface area contributed by atoms with Crippen LogP contribution in [0.15, 0.2) is 36.5 Å². The maximum absolute atomic E-state index is 7.35. The second-order valence-corrected chi connectivity index (χ2v) is 6.72. The number of benzene rings is 2. The van der Waals surface area contributed by atoms with Crippen LogP contribution in [-0.2, 0) is 5.41 Å². The third-order valence-corrected chi connectivity index (χ3v) is 5.57. The predicted octanol–water partition coefficient (Wildman–Crippen LogP) is 5.14. The van der Waals surface area contributed by atoms with Crippen LogP contribution in [0, 0.1) is 6.57 Å². The molecule has 2 heterocycles. The number of fused-ring (bicyclic) bond motifs is 6. The van der Waals surface area contributed by atoms with Gasteiger partial charge in [-0.25, -0.2) is 4.85 Å². The van der Waals surface area contributed by atoms with E-state index >= 15 is 0 Å². The van der Waals surface area contributed by atoms with E-state index in [0.717, 1.165) is 34.0 Å². The highest BCUT2D eigenvalue weighted by atomic mass is 16.5. The molecule has 1 fully saturated rings. The summed E-state index contributed by atoms with van der Waals surface area (Å²) in [6.45, 7) is 8.14. The zero-order chi connectivity index (χ0) is 15.4. The minimum Gasteiger partial charge on any atom is -0.492 e. The van der Waals surface area contributed by atoms with Crippen molar-refractivity contribution < 1.29 is 4.74 Å². The van der Waals surface area contributed by atoms with E-state index < -0.39 is 0 Å². The molecule has 2 aromatic carbocycles. The average molecular weight is 300 g/mol. The summed E-state index contributed by atoms with van der Waals surface area (Å²) in [5.41, 5.74) is 3.12. The number of hydrogen-bond donors (Lipinski definition) is 0. The van der Waals surface area contributed by atoms with Crippen LogP contribution >= 0.6 is 0 Å². The fourth-order valence-corrected chi connectivity index (χ4v) is 4.36. The van der Waals surface area contributed by atoms with E-state index in [1.165, 1.54) is 31.2 Å². The molecule has 0 amide bonds. The van der Waals surface area contributed by atoms with Gasteiger partial charge in [-0.15, -0.1) is 0 Å². The van der Waals surface area contributed by atoms with Crippen LogP contribution in [0.1, 0.15) is 31.2 Å². The first-order valence-electron chi connectivity index (χ1n) is 8.18. The molecule has 0 saturated heterocycles. The molecule has 0 unspecified atom stereocenters. The first kappa shape index (κ1) is 12.9. The topological polar surface area (TPSA) is 26.5 Å². The molecular formula is C20H16N2O. The molecule has 112 valence electrons. The zero-order valence-corrected chi connectivity index (χ0v) is 12.8. The Morgan fingerprint density at radius 1 is 1.04 bits per heavy atom. The molecule has 0 radical (unpaired) electrons. The molecule has 5 rings (SSSR count). The molecule has 2 aliphatic rings. The van der Waals surface area contributed by atoms with Gasteiger partial charge in [-0.05, 0) is 29.7 Å². The van der Waals surface area contributed by atoms with Crippen molar-refractivity contribution in [1.82, 2.24) is 4.98 Å². The van der Waals surface area contributed by atoms with E-state index in [2.05, 4.69) is 10.9 Å². The van der Waals surface area contributed by atoms with Gasteiger partial charge >= 0.3 is 0 Å². The van der Waals surface area contributed by atoms with Crippen LogP contribution in [0.4, 0.5) is 5.69 Å². The quantitative estimate of drug-likeness (QED) is 0.424. The molecule has 0 atom stereocenters. The van der Waals surface area contributed by atoms with Gasteiger partial charge in [0.25, 0.3) is 0 Å². The van der Waals surface area contributed by atoms with E-state index in [4.69, 9.17) is 16.3 Å². The van der Waals surface area contributed by atoms with Crippen LogP contribution in [0.5, 0.6) is 5.75 Å². The maximum atomic E-state index is 7.35. The second kappa shape index (κ2) is 4.45. The van der Waals surface area contributed by atoms with Gasteiger partial charge < -0.3 is 4.74 Å². The molecule has 1 aromatic heterocycles.